The van der Waals surface area contributed by atoms with Crippen molar-refractivity contribution in [2.24, 2.45) is 0 Å². The van der Waals surface area contributed by atoms with E-state index in [0.717, 1.165) is 31.7 Å². The molecule has 0 spiro atoms. The van der Waals surface area contributed by atoms with Gasteiger partial charge in [0.1, 0.15) is 0 Å². The van der Waals surface area contributed by atoms with Crippen LogP contribution in [0.2, 0.25) is 18.1 Å². The molecule has 0 aromatic heterocycles. The fourth-order valence-electron chi connectivity index (χ4n) is 2.77. The largest absolute Gasteiger partial charge is 0.412 e. The molecule has 0 radical (unpaired) electrons. The Morgan fingerprint density at radius 2 is 1.78 bits per heavy atom. The molecule has 23 heavy (non-hydrogen) atoms. The second-order valence-corrected chi connectivity index (χ2v) is 12.8. The molecule has 0 unspecified atom stereocenters. The average Bonchev–Trinajstić information content (AvgIpc) is 2.44. The first-order valence-electron chi connectivity index (χ1n) is 8.50. The van der Waals surface area contributed by atoms with E-state index in [1.165, 1.54) is 6.07 Å². The van der Waals surface area contributed by atoms with E-state index in [2.05, 4.69) is 39.2 Å². The number of halogens is 2. The van der Waals surface area contributed by atoms with Gasteiger partial charge in [-0.25, -0.2) is 8.78 Å². The van der Waals surface area contributed by atoms with Gasteiger partial charge < -0.3 is 9.74 Å². The molecule has 0 heterocycles. The van der Waals surface area contributed by atoms with Crippen LogP contribution in [0.15, 0.2) is 18.2 Å². The van der Waals surface area contributed by atoms with E-state index in [1.807, 2.05) is 0 Å². The first kappa shape index (κ1) is 18.4. The number of anilines is 1. The van der Waals surface area contributed by atoms with Crippen molar-refractivity contribution in [3.63, 3.8) is 0 Å². The standard InChI is InChI=1S/C18H29F2NOSi/c1-18(2,3)23(4,5)22-16-12-7-6-10-14(16)21-15-11-8-9-13(19)17(15)20/h8-9,11,14,16,21H,6-7,10,12H2,1-5H3/t14-,16-/m0/s1. The monoisotopic (exact) mass is 341 g/mol. The van der Waals surface area contributed by atoms with Crippen LogP contribution in [0.25, 0.3) is 0 Å². The lowest BCUT2D eigenvalue weighted by Crippen LogP contribution is -2.49. The lowest BCUT2D eigenvalue weighted by molar-refractivity contribution is 0.124. The second-order valence-electron chi connectivity index (χ2n) is 8.05. The van der Waals surface area contributed by atoms with Gasteiger partial charge in [-0.1, -0.05) is 39.7 Å². The van der Waals surface area contributed by atoms with E-state index in [-0.39, 0.29) is 22.9 Å². The van der Waals surface area contributed by atoms with Gasteiger partial charge in [-0.15, -0.1) is 0 Å². The van der Waals surface area contributed by atoms with Crippen molar-refractivity contribution in [2.45, 2.75) is 76.7 Å². The maximum absolute atomic E-state index is 13.9. The smallest absolute Gasteiger partial charge is 0.192 e. The minimum atomic E-state index is -1.88. The van der Waals surface area contributed by atoms with E-state index in [9.17, 15) is 8.78 Å². The number of benzene rings is 1. The topological polar surface area (TPSA) is 21.3 Å². The molecule has 0 aliphatic heterocycles. The van der Waals surface area contributed by atoms with Gasteiger partial charge in [0.15, 0.2) is 20.0 Å². The molecular formula is C18H29F2NOSi. The van der Waals surface area contributed by atoms with Gasteiger partial charge in [-0.3, -0.25) is 0 Å². The Balaban J connectivity index is 2.14. The molecule has 0 bridgehead atoms. The first-order chi connectivity index (χ1) is 10.6. The number of hydrogen-bond acceptors (Lipinski definition) is 2. The van der Waals surface area contributed by atoms with Gasteiger partial charge in [0.2, 0.25) is 0 Å². The Hall–Kier alpha value is -0.943. The molecule has 1 saturated carbocycles. The van der Waals surface area contributed by atoms with Crippen molar-refractivity contribution in [3.8, 4) is 0 Å². The van der Waals surface area contributed by atoms with E-state index >= 15 is 0 Å². The zero-order chi connectivity index (χ0) is 17.3. The average molecular weight is 342 g/mol. The van der Waals surface area contributed by atoms with Gasteiger partial charge in [-0.05, 0) is 43.1 Å². The van der Waals surface area contributed by atoms with Gasteiger partial charge >= 0.3 is 0 Å². The van der Waals surface area contributed by atoms with Gasteiger partial charge in [0, 0.05) is 0 Å². The molecule has 1 aromatic carbocycles. The Bertz CT molecular complexity index is 542. The summed E-state index contributed by atoms with van der Waals surface area (Å²) in [6.07, 6.45) is 4.18. The highest BCUT2D eigenvalue weighted by Crippen LogP contribution is 2.39. The summed E-state index contributed by atoms with van der Waals surface area (Å²) in [6.45, 7) is 11.1. The summed E-state index contributed by atoms with van der Waals surface area (Å²) in [5, 5.41) is 3.33. The van der Waals surface area contributed by atoms with E-state index in [0.29, 0.717) is 0 Å². The van der Waals surface area contributed by atoms with Crippen LogP contribution in [0.5, 0.6) is 0 Å². The van der Waals surface area contributed by atoms with Crippen LogP contribution >= 0.6 is 0 Å². The zero-order valence-corrected chi connectivity index (χ0v) is 15.9. The SMILES string of the molecule is CC(C)(C)[Si](C)(C)O[C@H]1CCCC[C@@H]1Nc1cccc(F)c1F. The fourth-order valence-corrected chi connectivity index (χ4v) is 4.17. The Kier molecular flexibility index (Phi) is 5.51. The third kappa shape index (κ3) is 4.32. The van der Waals surface area contributed by atoms with Crippen molar-refractivity contribution >= 4 is 14.0 Å². The lowest BCUT2D eigenvalue weighted by atomic mass is 9.92. The molecule has 1 aliphatic carbocycles. The molecule has 130 valence electrons. The molecule has 1 aliphatic rings. The van der Waals surface area contributed by atoms with Crippen LogP contribution in [-0.4, -0.2) is 20.5 Å². The third-order valence-corrected chi connectivity index (χ3v) is 9.75. The molecule has 1 aromatic rings. The highest BCUT2D eigenvalue weighted by Gasteiger charge is 2.41. The van der Waals surface area contributed by atoms with Crippen LogP contribution in [-0.2, 0) is 4.43 Å². The Labute approximate surface area is 139 Å². The Morgan fingerprint density at radius 1 is 1.13 bits per heavy atom. The number of rotatable bonds is 4. The summed E-state index contributed by atoms with van der Waals surface area (Å²) in [4.78, 5) is 0. The molecule has 0 saturated heterocycles. The molecule has 5 heteroatoms. The number of nitrogens with one attached hydrogen (secondary N) is 1. The van der Waals surface area contributed by atoms with Crippen LogP contribution in [0.1, 0.15) is 46.5 Å². The van der Waals surface area contributed by atoms with Crippen LogP contribution in [0, 0.1) is 11.6 Å². The van der Waals surface area contributed by atoms with E-state index in [1.54, 1.807) is 6.07 Å². The quantitative estimate of drug-likeness (QED) is 0.708. The van der Waals surface area contributed by atoms with Crippen molar-refractivity contribution in [1.29, 1.82) is 0 Å². The molecular weight excluding hydrogens is 312 g/mol. The summed E-state index contributed by atoms with van der Waals surface area (Å²) in [7, 11) is -1.88. The van der Waals surface area contributed by atoms with Crippen molar-refractivity contribution < 1.29 is 13.2 Å². The maximum Gasteiger partial charge on any atom is 0.192 e. The minimum Gasteiger partial charge on any atom is -0.412 e. The highest BCUT2D eigenvalue weighted by molar-refractivity contribution is 6.74. The normalized spacial score (nSPS) is 22.9. The van der Waals surface area contributed by atoms with Crippen molar-refractivity contribution in [3.05, 3.63) is 29.8 Å². The Morgan fingerprint density at radius 3 is 2.43 bits per heavy atom. The van der Waals surface area contributed by atoms with Gasteiger partial charge in [0.05, 0.1) is 17.8 Å². The molecule has 2 nitrogen and oxygen atoms in total. The molecule has 1 N–H and O–H groups in total. The lowest BCUT2D eigenvalue weighted by Gasteiger charge is -2.43. The zero-order valence-electron chi connectivity index (χ0n) is 14.9. The van der Waals surface area contributed by atoms with E-state index < -0.39 is 20.0 Å². The number of hydrogen-bond donors (Lipinski definition) is 1. The summed E-state index contributed by atoms with van der Waals surface area (Å²) < 4.78 is 33.9. The molecule has 1 fully saturated rings. The van der Waals surface area contributed by atoms with Gasteiger partial charge in [-0.2, -0.15) is 0 Å². The molecule has 0 amide bonds. The predicted molar refractivity (Wildman–Crippen MR) is 94.3 cm³/mol. The molecule has 2 atom stereocenters. The summed E-state index contributed by atoms with van der Waals surface area (Å²) in [6, 6.07) is 4.31. The summed E-state index contributed by atoms with van der Waals surface area (Å²) >= 11 is 0. The first-order valence-corrected chi connectivity index (χ1v) is 11.4. The second kappa shape index (κ2) is 6.89. The predicted octanol–water partition coefficient (Wildman–Crippen LogP) is 5.71. The maximum atomic E-state index is 13.9. The highest BCUT2D eigenvalue weighted by atomic mass is 28.4. The minimum absolute atomic E-state index is 0.0363. The summed E-state index contributed by atoms with van der Waals surface area (Å²) in [5.41, 5.74) is 0.237. The van der Waals surface area contributed by atoms with Crippen molar-refractivity contribution in [1.82, 2.24) is 0 Å². The van der Waals surface area contributed by atoms with Crippen molar-refractivity contribution in [2.75, 3.05) is 5.32 Å². The fraction of sp³-hybridized carbons (Fsp3) is 0.667. The van der Waals surface area contributed by atoms with Crippen LogP contribution in [0.3, 0.4) is 0 Å². The summed E-state index contributed by atoms with van der Waals surface area (Å²) in [5.74, 6) is -1.61. The van der Waals surface area contributed by atoms with Gasteiger partial charge in [0.25, 0.3) is 0 Å². The molecule has 2 rings (SSSR count). The van der Waals surface area contributed by atoms with Crippen LogP contribution < -0.4 is 5.32 Å². The van der Waals surface area contributed by atoms with E-state index in [4.69, 9.17) is 4.43 Å². The third-order valence-electron chi connectivity index (χ3n) is 5.25. The van der Waals surface area contributed by atoms with Crippen LogP contribution in [0.4, 0.5) is 14.5 Å².